The van der Waals surface area contributed by atoms with Crippen LogP contribution < -0.4 is 0 Å². The predicted octanol–water partition coefficient (Wildman–Crippen LogP) is 1.04. The molecule has 142 valence electrons. The Balaban J connectivity index is 1.64. The molecule has 2 aliphatic heterocycles. The van der Waals surface area contributed by atoms with Gasteiger partial charge < -0.3 is 9.80 Å². The molecule has 1 saturated heterocycles. The fourth-order valence-corrected chi connectivity index (χ4v) is 3.74. The van der Waals surface area contributed by atoms with Crippen molar-refractivity contribution in [2.24, 2.45) is 0 Å². The van der Waals surface area contributed by atoms with Gasteiger partial charge >= 0.3 is 0 Å². The maximum Gasteiger partial charge on any atom is 0.237 e. The molecule has 0 spiro atoms. The zero-order chi connectivity index (χ0) is 18.7. The first-order valence-electron chi connectivity index (χ1n) is 9.62. The molecule has 3 rings (SSSR count). The lowest BCUT2D eigenvalue weighted by Gasteiger charge is -2.30. The minimum Gasteiger partial charge on any atom is -0.342 e. The summed E-state index contributed by atoms with van der Waals surface area (Å²) in [5.41, 5.74) is 2.11. The molecule has 2 amide bonds. The van der Waals surface area contributed by atoms with Crippen molar-refractivity contribution in [3.8, 4) is 0 Å². The molecule has 0 aliphatic carbocycles. The molecule has 0 aromatic carbocycles. The molecule has 0 N–H and O–H groups in total. The highest BCUT2D eigenvalue weighted by Crippen LogP contribution is 2.26. The Kier molecular flexibility index (Phi) is 5.86. The summed E-state index contributed by atoms with van der Waals surface area (Å²) >= 11 is 0. The number of nitrogens with zero attached hydrogens (tertiary/aromatic N) is 5. The van der Waals surface area contributed by atoms with Crippen molar-refractivity contribution >= 4 is 11.8 Å². The van der Waals surface area contributed by atoms with E-state index in [4.69, 9.17) is 4.98 Å². The van der Waals surface area contributed by atoms with E-state index in [-0.39, 0.29) is 17.7 Å². The fraction of sp³-hybridized carbons (Fsp3) is 0.684. The second-order valence-electron chi connectivity index (χ2n) is 7.18. The number of likely N-dealkylation sites (tertiary alicyclic amines) is 1. The lowest BCUT2D eigenvalue weighted by atomic mass is 10.0. The molecule has 0 unspecified atom stereocenters. The van der Waals surface area contributed by atoms with Gasteiger partial charge in [-0.3, -0.25) is 14.5 Å². The van der Waals surface area contributed by atoms with Crippen LogP contribution in [-0.4, -0.2) is 75.8 Å². The summed E-state index contributed by atoms with van der Waals surface area (Å²) in [4.78, 5) is 39.3. The van der Waals surface area contributed by atoms with Gasteiger partial charge in [-0.2, -0.15) is 0 Å². The third-order valence-electron chi connectivity index (χ3n) is 5.56. The molecule has 0 saturated carbocycles. The molecule has 0 bridgehead atoms. The summed E-state index contributed by atoms with van der Waals surface area (Å²) < 4.78 is 0. The first-order chi connectivity index (χ1) is 12.5. The van der Waals surface area contributed by atoms with Crippen molar-refractivity contribution in [1.82, 2.24) is 24.7 Å². The predicted molar refractivity (Wildman–Crippen MR) is 98.6 cm³/mol. The van der Waals surface area contributed by atoms with Gasteiger partial charge in [0.15, 0.2) is 0 Å². The van der Waals surface area contributed by atoms with Gasteiger partial charge in [-0.1, -0.05) is 13.8 Å². The number of hydrogen-bond donors (Lipinski definition) is 0. The first-order valence-corrected chi connectivity index (χ1v) is 9.62. The van der Waals surface area contributed by atoms with Crippen LogP contribution in [0.5, 0.6) is 0 Å². The molecule has 0 radical (unpaired) electrons. The number of likely N-dealkylation sites (N-methyl/N-ethyl adjacent to an activating group) is 1. The number of carbonyl (C=O) groups excluding carboxylic acids is 2. The lowest BCUT2D eigenvalue weighted by Crippen LogP contribution is -2.43. The van der Waals surface area contributed by atoms with E-state index < -0.39 is 0 Å². The summed E-state index contributed by atoms with van der Waals surface area (Å²) in [5.74, 6) is 1.37. The molecule has 1 atom stereocenters. The summed E-state index contributed by atoms with van der Waals surface area (Å²) in [7, 11) is 0. The van der Waals surface area contributed by atoms with E-state index in [1.165, 1.54) is 0 Å². The first kappa shape index (κ1) is 18.8. The van der Waals surface area contributed by atoms with Crippen LogP contribution in [0, 0.1) is 0 Å². The number of fused-ring (bicyclic) bond motifs is 1. The van der Waals surface area contributed by atoms with Gasteiger partial charge in [-0.25, -0.2) is 9.97 Å². The molecule has 26 heavy (non-hydrogen) atoms. The Morgan fingerprint density at radius 2 is 2.00 bits per heavy atom. The van der Waals surface area contributed by atoms with Gasteiger partial charge in [-0.05, 0) is 19.5 Å². The highest BCUT2D eigenvalue weighted by molar-refractivity contribution is 5.78. The second kappa shape index (κ2) is 8.12. The molecular formula is C19H29N5O2. The standard InChI is InChI=1S/C19H29N5O2/c1-4-22(5-2)13-18(26)24-9-7-17-16(12-24)10-20-19(21-17)15-6-8-23(11-15)14(3)25/h10,15H,4-9,11-13H2,1-3H3/t15-/m1/s1. The molecule has 1 fully saturated rings. The molecule has 7 nitrogen and oxygen atoms in total. The van der Waals surface area contributed by atoms with Crippen LogP contribution in [0.2, 0.25) is 0 Å². The normalized spacial score (nSPS) is 19.8. The SMILES string of the molecule is CCN(CC)CC(=O)N1CCc2nc([C@@H]3CCN(C(C)=O)C3)ncc2C1. The van der Waals surface area contributed by atoms with Crippen molar-refractivity contribution in [3.63, 3.8) is 0 Å². The smallest absolute Gasteiger partial charge is 0.237 e. The van der Waals surface area contributed by atoms with Gasteiger partial charge in [0.2, 0.25) is 11.8 Å². The van der Waals surface area contributed by atoms with Crippen molar-refractivity contribution in [2.75, 3.05) is 39.3 Å². The van der Waals surface area contributed by atoms with Crippen LogP contribution in [0.15, 0.2) is 6.20 Å². The number of aromatic nitrogens is 2. The van der Waals surface area contributed by atoms with Crippen molar-refractivity contribution in [1.29, 1.82) is 0 Å². The van der Waals surface area contributed by atoms with Crippen LogP contribution in [0.25, 0.3) is 0 Å². The third kappa shape index (κ3) is 4.03. The van der Waals surface area contributed by atoms with Gasteiger partial charge in [0.25, 0.3) is 0 Å². The monoisotopic (exact) mass is 359 g/mol. The molecule has 1 aromatic heterocycles. The summed E-state index contributed by atoms with van der Waals surface area (Å²) in [6.07, 6.45) is 3.58. The molecule has 1 aromatic rings. The molecule has 3 heterocycles. The van der Waals surface area contributed by atoms with Crippen LogP contribution >= 0.6 is 0 Å². The zero-order valence-corrected chi connectivity index (χ0v) is 16.1. The minimum absolute atomic E-state index is 0.118. The van der Waals surface area contributed by atoms with Gasteiger partial charge in [-0.15, -0.1) is 0 Å². The van der Waals surface area contributed by atoms with Crippen LogP contribution in [0.1, 0.15) is 50.2 Å². The van der Waals surface area contributed by atoms with E-state index in [1.54, 1.807) is 6.92 Å². The van der Waals surface area contributed by atoms with Gasteiger partial charge in [0.05, 0.1) is 12.2 Å². The summed E-state index contributed by atoms with van der Waals surface area (Å²) in [6.45, 7) is 10.8. The van der Waals surface area contributed by atoms with Gasteiger partial charge in [0, 0.05) is 57.2 Å². The topological polar surface area (TPSA) is 69.6 Å². The Hall–Kier alpha value is -2.02. The van der Waals surface area contributed by atoms with Crippen LogP contribution in [0.4, 0.5) is 0 Å². The lowest BCUT2D eigenvalue weighted by molar-refractivity contribution is -0.133. The highest BCUT2D eigenvalue weighted by atomic mass is 16.2. The van der Waals surface area contributed by atoms with Crippen LogP contribution in [0.3, 0.4) is 0 Å². The second-order valence-corrected chi connectivity index (χ2v) is 7.18. The minimum atomic E-state index is 0.118. The molecule has 2 aliphatic rings. The van der Waals surface area contributed by atoms with E-state index in [9.17, 15) is 9.59 Å². The Morgan fingerprint density at radius 3 is 2.65 bits per heavy atom. The highest BCUT2D eigenvalue weighted by Gasteiger charge is 2.29. The average molecular weight is 359 g/mol. The summed E-state index contributed by atoms with van der Waals surface area (Å²) in [6, 6.07) is 0. The fourth-order valence-electron chi connectivity index (χ4n) is 3.74. The Labute approximate surface area is 155 Å². The molecular weight excluding hydrogens is 330 g/mol. The van der Waals surface area contributed by atoms with E-state index in [0.717, 1.165) is 49.6 Å². The van der Waals surface area contributed by atoms with E-state index in [0.29, 0.717) is 26.2 Å². The maximum atomic E-state index is 12.5. The van der Waals surface area contributed by atoms with E-state index in [2.05, 4.69) is 23.7 Å². The van der Waals surface area contributed by atoms with Crippen molar-refractivity contribution in [2.45, 2.75) is 46.1 Å². The van der Waals surface area contributed by atoms with E-state index in [1.807, 2.05) is 16.0 Å². The number of hydrogen-bond acceptors (Lipinski definition) is 5. The quantitative estimate of drug-likeness (QED) is 0.786. The maximum absolute atomic E-state index is 12.5. The van der Waals surface area contributed by atoms with Crippen molar-refractivity contribution in [3.05, 3.63) is 23.3 Å². The van der Waals surface area contributed by atoms with Crippen LogP contribution in [-0.2, 0) is 22.6 Å². The Morgan fingerprint density at radius 1 is 1.23 bits per heavy atom. The number of carbonyl (C=O) groups is 2. The Bertz CT molecular complexity index is 674. The average Bonchev–Trinajstić information content (AvgIpc) is 3.15. The zero-order valence-electron chi connectivity index (χ0n) is 16.1. The summed E-state index contributed by atoms with van der Waals surface area (Å²) in [5, 5.41) is 0. The van der Waals surface area contributed by atoms with E-state index >= 15 is 0 Å². The third-order valence-corrected chi connectivity index (χ3v) is 5.56. The molecule has 7 heteroatoms. The van der Waals surface area contributed by atoms with Crippen molar-refractivity contribution < 1.29 is 9.59 Å². The number of rotatable bonds is 5. The van der Waals surface area contributed by atoms with Gasteiger partial charge in [0.1, 0.15) is 5.82 Å². The number of amides is 2. The largest absolute Gasteiger partial charge is 0.342 e.